The SMILES string of the molecule is COCc1cc(F)cc(OC)c1CCN1CCNCC1. The van der Waals surface area contributed by atoms with E-state index in [2.05, 4.69) is 10.2 Å². The van der Waals surface area contributed by atoms with Crippen LogP contribution in [0.2, 0.25) is 0 Å². The van der Waals surface area contributed by atoms with Crippen molar-refractivity contribution in [2.24, 2.45) is 0 Å². The quantitative estimate of drug-likeness (QED) is 0.856. The average molecular weight is 282 g/mol. The molecule has 1 heterocycles. The number of rotatable bonds is 6. The number of nitrogens with zero attached hydrogens (tertiary/aromatic N) is 1. The molecular weight excluding hydrogens is 259 g/mol. The summed E-state index contributed by atoms with van der Waals surface area (Å²) in [5, 5.41) is 3.34. The Morgan fingerprint density at radius 2 is 2.00 bits per heavy atom. The van der Waals surface area contributed by atoms with E-state index in [9.17, 15) is 4.39 Å². The molecule has 1 aromatic rings. The van der Waals surface area contributed by atoms with Crippen LogP contribution in [0.1, 0.15) is 11.1 Å². The smallest absolute Gasteiger partial charge is 0.127 e. The molecule has 1 N–H and O–H groups in total. The number of piperazine rings is 1. The monoisotopic (exact) mass is 282 g/mol. The lowest BCUT2D eigenvalue weighted by Gasteiger charge is -2.27. The predicted molar refractivity (Wildman–Crippen MR) is 76.7 cm³/mol. The van der Waals surface area contributed by atoms with Crippen LogP contribution >= 0.6 is 0 Å². The van der Waals surface area contributed by atoms with Gasteiger partial charge in [-0.3, -0.25) is 0 Å². The van der Waals surface area contributed by atoms with Gasteiger partial charge in [-0.05, 0) is 18.1 Å². The fourth-order valence-corrected chi connectivity index (χ4v) is 2.62. The lowest BCUT2D eigenvalue weighted by atomic mass is 10.0. The normalized spacial score (nSPS) is 16.4. The third-order valence-electron chi connectivity index (χ3n) is 3.67. The highest BCUT2D eigenvalue weighted by atomic mass is 19.1. The molecule has 5 heteroatoms. The molecule has 0 atom stereocenters. The molecule has 0 radical (unpaired) electrons. The zero-order valence-electron chi connectivity index (χ0n) is 12.2. The summed E-state index contributed by atoms with van der Waals surface area (Å²) in [6.07, 6.45) is 0.849. The van der Waals surface area contributed by atoms with Gasteiger partial charge in [-0.15, -0.1) is 0 Å². The Hall–Kier alpha value is -1.17. The molecular formula is C15H23FN2O2. The maximum Gasteiger partial charge on any atom is 0.127 e. The zero-order valence-corrected chi connectivity index (χ0v) is 12.2. The van der Waals surface area contributed by atoms with Gasteiger partial charge >= 0.3 is 0 Å². The van der Waals surface area contributed by atoms with Gasteiger partial charge in [-0.25, -0.2) is 4.39 Å². The minimum atomic E-state index is -0.278. The van der Waals surface area contributed by atoms with Crippen LogP contribution in [0.25, 0.3) is 0 Å². The van der Waals surface area contributed by atoms with Crippen LogP contribution in [0.15, 0.2) is 12.1 Å². The topological polar surface area (TPSA) is 33.7 Å². The Labute approximate surface area is 119 Å². The summed E-state index contributed by atoms with van der Waals surface area (Å²) in [6.45, 7) is 5.55. The Balaban J connectivity index is 2.10. The highest BCUT2D eigenvalue weighted by molar-refractivity contribution is 5.41. The highest BCUT2D eigenvalue weighted by Gasteiger charge is 2.15. The fourth-order valence-electron chi connectivity index (χ4n) is 2.62. The highest BCUT2D eigenvalue weighted by Crippen LogP contribution is 2.25. The molecule has 2 rings (SSSR count). The van der Waals surface area contributed by atoms with Gasteiger partial charge in [0, 0.05) is 51.5 Å². The first kappa shape index (κ1) is 15.2. The van der Waals surface area contributed by atoms with E-state index in [-0.39, 0.29) is 5.82 Å². The van der Waals surface area contributed by atoms with Gasteiger partial charge in [0.25, 0.3) is 0 Å². The van der Waals surface area contributed by atoms with Crippen LogP contribution in [0.3, 0.4) is 0 Å². The Morgan fingerprint density at radius 3 is 2.65 bits per heavy atom. The molecule has 0 bridgehead atoms. The van der Waals surface area contributed by atoms with E-state index in [1.54, 1.807) is 20.3 Å². The Morgan fingerprint density at radius 1 is 1.25 bits per heavy atom. The first-order valence-corrected chi connectivity index (χ1v) is 7.02. The number of benzene rings is 1. The van der Waals surface area contributed by atoms with Crippen LogP contribution in [-0.4, -0.2) is 51.8 Å². The van der Waals surface area contributed by atoms with Crippen molar-refractivity contribution in [1.82, 2.24) is 10.2 Å². The maximum atomic E-state index is 13.6. The molecule has 1 fully saturated rings. The number of ether oxygens (including phenoxy) is 2. The van der Waals surface area contributed by atoms with Crippen molar-refractivity contribution in [3.8, 4) is 5.75 Å². The van der Waals surface area contributed by atoms with Gasteiger partial charge in [0.05, 0.1) is 13.7 Å². The molecule has 4 nitrogen and oxygen atoms in total. The van der Waals surface area contributed by atoms with E-state index in [0.717, 1.165) is 50.3 Å². The van der Waals surface area contributed by atoms with Gasteiger partial charge < -0.3 is 19.7 Å². The van der Waals surface area contributed by atoms with Crippen LogP contribution in [0.4, 0.5) is 4.39 Å². The van der Waals surface area contributed by atoms with Crippen molar-refractivity contribution in [2.75, 3.05) is 46.9 Å². The van der Waals surface area contributed by atoms with Crippen LogP contribution in [0.5, 0.6) is 5.75 Å². The largest absolute Gasteiger partial charge is 0.496 e. The van der Waals surface area contributed by atoms with Crippen LogP contribution in [-0.2, 0) is 17.8 Å². The fraction of sp³-hybridized carbons (Fsp3) is 0.600. The molecule has 112 valence electrons. The van der Waals surface area contributed by atoms with Crippen molar-refractivity contribution in [3.63, 3.8) is 0 Å². The third-order valence-corrected chi connectivity index (χ3v) is 3.67. The first-order chi connectivity index (χ1) is 9.74. The van der Waals surface area contributed by atoms with Crippen molar-refractivity contribution < 1.29 is 13.9 Å². The minimum Gasteiger partial charge on any atom is -0.496 e. The molecule has 0 aromatic heterocycles. The van der Waals surface area contributed by atoms with E-state index in [0.29, 0.717) is 12.4 Å². The lowest BCUT2D eigenvalue weighted by Crippen LogP contribution is -2.44. The van der Waals surface area contributed by atoms with Gasteiger partial charge in [0.2, 0.25) is 0 Å². The van der Waals surface area contributed by atoms with Gasteiger partial charge in [0.15, 0.2) is 0 Å². The van der Waals surface area contributed by atoms with Gasteiger partial charge in [-0.1, -0.05) is 0 Å². The standard InChI is InChI=1S/C15H23FN2O2/c1-19-11-12-9-13(16)10-15(20-2)14(12)3-6-18-7-4-17-5-8-18/h9-10,17H,3-8,11H2,1-2H3. The minimum absolute atomic E-state index is 0.278. The molecule has 0 aliphatic carbocycles. The number of hydrogen-bond acceptors (Lipinski definition) is 4. The van der Waals surface area contributed by atoms with Crippen molar-refractivity contribution in [2.45, 2.75) is 13.0 Å². The maximum absolute atomic E-state index is 13.6. The second kappa shape index (κ2) is 7.57. The summed E-state index contributed by atoms with van der Waals surface area (Å²) in [6, 6.07) is 2.99. The number of methoxy groups -OCH3 is 2. The molecule has 1 aromatic carbocycles. The van der Waals surface area contributed by atoms with Crippen molar-refractivity contribution in [1.29, 1.82) is 0 Å². The number of nitrogens with one attached hydrogen (secondary N) is 1. The van der Waals surface area contributed by atoms with E-state index >= 15 is 0 Å². The second-order valence-electron chi connectivity index (χ2n) is 5.02. The summed E-state index contributed by atoms with van der Waals surface area (Å²) < 4.78 is 24.1. The molecule has 0 amide bonds. The number of hydrogen-bond donors (Lipinski definition) is 1. The second-order valence-corrected chi connectivity index (χ2v) is 5.02. The summed E-state index contributed by atoms with van der Waals surface area (Å²) in [5.41, 5.74) is 1.92. The molecule has 20 heavy (non-hydrogen) atoms. The summed E-state index contributed by atoms with van der Waals surface area (Å²) >= 11 is 0. The van der Waals surface area contributed by atoms with Gasteiger partial charge in [-0.2, -0.15) is 0 Å². The average Bonchev–Trinajstić information content (AvgIpc) is 2.47. The summed E-state index contributed by atoms with van der Waals surface area (Å²) in [4.78, 5) is 2.41. The summed E-state index contributed by atoms with van der Waals surface area (Å²) in [7, 11) is 3.21. The van der Waals surface area contributed by atoms with E-state index in [1.165, 1.54) is 6.07 Å². The zero-order chi connectivity index (χ0) is 14.4. The third kappa shape index (κ3) is 3.91. The molecule has 1 aliphatic rings. The van der Waals surface area contributed by atoms with E-state index in [1.807, 2.05) is 0 Å². The van der Waals surface area contributed by atoms with Crippen LogP contribution < -0.4 is 10.1 Å². The molecule has 0 saturated carbocycles. The Kier molecular flexibility index (Phi) is 5.76. The molecule has 0 spiro atoms. The molecule has 1 aliphatic heterocycles. The predicted octanol–water partition coefficient (Wildman–Crippen LogP) is 1.43. The summed E-state index contributed by atoms with van der Waals surface area (Å²) in [5.74, 6) is 0.340. The molecule has 0 unspecified atom stereocenters. The van der Waals surface area contributed by atoms with Crippen LogP contribution in [0, 0.1) is 5.82 Å². The van der Waals surface area contributed by atoms with Crippen molar-refractivity contribution >= 4 is 0 Å². The first-order valence-electron chi connectivity index (χ1n) is 7.02. The van der Waals surface area contributed by atoms with Crippen molar-refractivity contribution in [3.05, 3.63) is 29.1 Å². The molecule has 1 saturated heterocycles. The lowest BCUT2D eigenvalue weighted by molar-refractivity contribution is 0.182. The van der Waals surface area contributed by atoms with E-state index < -0.39 is 0 Å². The van der Waals surface area contributed by atoms with Gasteiger partial charge in [0.1, 0.15) is 11.6 Å². The van der Waals surface area contributed by atoms with E-state index in [4.69, 9.17) is 9.47 Å². The Bertz CT molecular complexity index is 434. The number of halogens is 1.